The summed E-state index contributed by atoms with van der Waals surface area (Å²) in [5.74, 6) is 0.197. The van der Waals surface area contributed by atoms with Crippen molar-refractivity contribution in [2.24, 2.45) is 0 Å². The summed E-state index contributed by atoms with van der Waals surface area (Å²) in [5, 5.41) is 21.5. The van der Waals surface area contributed by atoms with Gasteiger partial charge in [0.15, 0.2) is 0 Å². The minimum Gasteiger partial charge on any atom is -0.480 e. The van der Waals surface area contributed by atoms with Crippen LogP contribution in [0.3, 0.4) is 0 Å². The molecule has 1 fully saturated rings. The van der Waals surface area contributed by atoms with E-state index in [2.05, 4.69) is 5.32 Å². The first-order valence-electron chi connectivity index (χ1n) is 5.85. The highest BCUT2D eigenvalue weighted by Gasteiger charge is 2.44. The minimum atomic E-state index is -0.723. The van der Waals surface area contributed by atoms with Gasteiger partial charge >= 0.3 is 5.97 Å². The van der Waals surface area contributed by atoms with Crippen LogP contribution in [0.5, 0.6) is 0 Å². The number of aliphatic hydroxyl groups is 1. The molecule has 16 heavy (non-hydrogen) atoms. The van der Waals surface area contributed by atoms with Crippen molar-refractivity contribution in [3.8, 4) is 0 Å². The molecule has 5 heteroatoms. The van der Waals surface area contributed by atoms with Gasteiger partial charge < -0.3 is 15.5 Å². The zero-order valence-electron chi connectivity index (χ0n) is 9.74. The molecule has 0 aliphatic heterocycles. The van der Waals surface area contributed by atoms with Gasteiger partial charge in [-0.3, -0.25) is 4.79 Å². The summed E-state index contributed by atoms with van der Waals surface area (Å²) in [6, 6.07) is 0. The van der Waals surface area contributed by atoms with Crippen molar-refractivity contribution >= 4 is 17.7 Å². The van der Waals surface area contributed by atoms with E-state index in [1.54, 1.807) is 11.8 Å². The maximum absolute atomic E-state index is 11.3. The van der Waals surface area contributed by atoms with Crippen LogP contribution in [-0.4, -0.2) is 45.9 Å². The molecule has 4 nitrogen and oxygen atoms in total. The average molecular weight is 247 g/mol. The van der Waals surface area contributed by atoms with Crippen molar-refractivity contribution in [1.82, 2.24) is 5.32 Å². The van der Waals surface area contributed by atoms with E-state index in [0.29, 0.717) is 24.6 Å². The first-order chi connectivity index (χ1) is 7.64. The van der Waals surface area contributed by atoms with Crippen molar-refractivity contribution in [2.75, 3.05) is 18.9 Å². The van der Waals surface area contributed by atoms with Gasteiger partial charge in [-0.15, -0.1) is 0 Å². The Balaban J connectivity index is 2.43. The molecular weight excluding hydrogens is 226 g/mol. The third-order valence-electron chi connectivity index (χ3n) is 3.05. The highest BCUT2D eigenvalue weighted by molar-refractivity contribution is 7.99. The van der Waals surface area contributed by atoms with E-state index in [9.17, 15) is 9.90 Å². The van der Waals surface area contributed by atoms with Crippen LogP contribution in [0.1, 0.15) is 32.6 Å². The lowest BCUT2D eigenvalue weighted by Crippen LogP contribution is -2.50. The quantitative estimate of drug-likeness (QED) is 0.587. The van der Waals surface area contributed by atoms with Crippen molar-refractivity contribution in [3.63, 3.8) is 0 Å². The number of carboxylic acid groups (broad SMARTS) is 1. The van der Waals surface area contributed by atoms with Gasteiger partial charge in [0, 0.05) is 11.9 Å². The molecule has 0 amide bonds. The Morgan fingerprint density at radius 2 is 2.38 bits per heavy atom. The largest absolute Gasteiger partial charge is 0.480 e. The summed E-state index contributed by atoms with van der Waals surface area (Å²) in [6.45, 7) is 2.86. The lowest BCUT2D eigenvalue weighted by molar-refractivity contribution is -0.144. The van der Waals surface area contributed by atoms with E-state index in [-0.39, 0.29) is 6.61 Å². The van der Waals surface area contributed by atoms with Crippen LogP contribution in [0.4, 0.5) is 0 Å². The van der Waals surface area contributed by atoms with Crippen LogP contribution in [0, 0.1) is 0 Å². The number of hydrogen-bond acceptors (Lipinski definition) is 4. The Kier molecular flexibility index (Phi) is 5.58. The molecule has 0 saturated heterocycles. The Labute approximate surface area is 101 Å². The molecule has 2 atom stereocenters. The van der Waals surface area contributed by atoms with Crippen LogP contribution in [-0.2, 0) is 4.79 Å². The number of aliphatic hydroxyl groups excluding tert-OH is 1. The standard InChI is InChI=1S/C11H21NO3S/c1-2-12-11(10(14)15)5-4-9(8-11)16-7-3-6-13/h9,12-13H,2-8H2,1H3,(H,14,15). The molecule has 0 aromatic carbocycles. The van der Waals surface area contributed by atoms with Gasteiger partial charge in [0.25, 0.3) is 0 Å². The van der Waals surface area contributed by atoms with Gasteiger partial charge in [0.05, 0.1) is 0 Å². The summed E-state index contributed by atoms with van der Waals surface area (Å²) >= 11 is 1.79. The molecule has 1 saturated carbocycles. The van der Waals surface area contributed by atoms with E-state index in [0.717, 1.165) is 18.6 Å². The number of carboxylic acids is 1. The molecule has 94 valence electrons. The molecule has 0 heterocycles. The van der Waals surface area contributed by atoms with Crippen LogP contribution in [0.2, 0.25) is 0 Å². The second kappa shape index (κ2) is 6.47. The van der Waals surface area contributed by atoms with E-state index in [1.807, 2.05) is 6.92 Å². The van der Waals surface area contributed by atoms with Crippen LogP contribution in [0.15, 0.2) is 0 Å². The van der Waals surface area contributed by atoms with E-state index in [1.165, 1.54) is 0 Å². The smallest absolute Gasteiger partial charge is 0.323 e. The second-order valence-corrected chi connectivity index (χ2v) is 5.64. The van der Waals surface area contributed by atoms with Gasteiger partial charge in [-0.2, -0.15) is 11.8 Å². The topological polar surface area (TPSA) is 69.6 Å². The number of carbonyl (C=O) groups is 1. The van der Waals surface area contributed by atoms with Crippen LogP contribution < -0.4 is 5.32 Å². The van der Waals surface area contributed by atoms with Gasteiger partial charge in [0.2, 0.25) is 0 Å². The Hall–Kier alpha value is -0.260. The lowest BCUT2D eigenvalue weighted by Gasteiger charge is -2.25. The highest BCUT2D eigenvalue weighted by atomic mass is 32.2. The van der Waals surface area contributed by atoms with Crippen molar-refractivity contribution in [2.45, 2.75) is 43.4 Å². The third-order valence-corrected chi connectivity index (χ3v) is 4.45. The SMILES string of the molecule is CCNC1(C(=O)O)CCC(SCCCO)C1. The molecule has 0 aromatic heterocycles. The van der Waals surface area contributed by atoms with E-state index >= 15 is 0 Å². The van der Waals surface area contributed by atoms with Crippen molar-refractivity contribution in [1.29, 1.82) is 0 Å². The molecule has 1 aliphatic rings. The Bertz CT molecular complexity index is 237. The Morgan fingerprint density at radius 1 is 1.62 bits per heavy atom. The molecular formula is C11H21NO3S. The van der Waals surface area contributed by atoms with Gasteiger partial charge in [-0.25, -0.2) is 0 Å². The summed E-state index contributed by atoms with van der Waals surface area (Å²) in [5.41, 5.74) is -0.703. The average Bonchev–Trinajstić information content (AvgIpc) is 2.64. The van der Waals surface area contributed by atoms with E-state index in [4.69, 9.17) is 5.11 Å². The second-order valence-electron chi connectivity index (χ2n) is 4.23. The van der Waals surface area contributed by atoms with Crippen molar-refractivity contribution in [3.05, 3.63) is 0 Å². The molecule has 1 aliphatic carbocycles. The zero-order chi connectivity index (χ0) is 12.0. The molecule has 2 unspecified atom stereocenters. The van der Waals surface area contributed by atoms with Crippen LogP contribution >= 0.6 is 11.8 Å². The fraction of sp³-hybridized carbons (Fsp3) is 0.909. The van der Waals surface area contributed by atoms with Crippen molar-refractivity contribution < 1.29 is 15.0 Å². The number of rotatable bonds is 7. The normalized spacial score (nSPS) is 29.5. The first-order valence-corrected chi connectivity index (χ1v) is 6.90. The first kappa shape index (κ1) is 13.8. The number of nitrogens with one attached hydrogen (secondary N) is 1. The third kappa shape index (κ3) is 3.37. The molecule has 3 N–H and O–H groups in total. The summed E-state index contributed by atoms with van der Waals surface area (Å²) in [6.07, 6.45) is 3.16. The number of hydrogen-bond donors (Lipinski definition) is 3. The Morgan fingerprint density at radius 3 is 2.94 bits per heavy atom. The summed E-state index contributed by atoms with van der Waals surface area (Å²) in [7, 11) is 0. The number of thioether (sulfide) groups is 1. The fourth-order valence-corrected chi connectivity index (χ4v) is 3.54. The maximum atomic E-state index is 11.3. The van der Waals surface area contributed by atoms with Crippen LogP contribution in [0.25, 0.3) is 0 Å². The highest BCUT2D eigenvalue weighted by Crippen LogP contribution is 2.37. The summed E-state index contributed by atoms with van der Waals surface area (Å²) in [4.78, 5) is 11.3. The van der Waals surface area contributed by atoms with E-state index < -0.39 is 11.5 Å². The number of likely N-dealkylation sites (N-methyl/N-ethyl adjacent to an activating group) is 1. The predicted octanol–water partition coefficient (Wildman–Crippen LogP) is 1.09. The lowest BCUT2D eigenvalue weighted by atomic mass is 9.98. The summed E-state index contributed by atoms with van der Waals surface area (Å²) < 4.78 is 0. The minimum absolute atomic E-state index is 0.219. The number of aliphatic carboxylic acids is 1. The predicted molar refractivity (Wildman–Crippen MR) is 65.8 cm³/mol. The molecule has 1 rings (SSSR count). The fourth-order valence-electron chi connectivity index (χ4n) is 2.23. The molecule has 0 spiro atoms. The molecule has 0 radical (unpaired) electrons. The monoisotopic (exact) mass is 247 g/mol. The molecule has 0 aromatic rings. The zero-order valence-corrected chi connectivity index (χ0v) is 10.6. The van der Waals surface area contributed by atoms with Gasteiger partial charge in [0.1, 0.15) is 5.54 Å². The maximum Gasteiger partial charge on any atom is 0.323 e. The molecule has 0 bridgehead atoms. The van der Waals surface area contributed by atoms with Gasteiger partial charge in [-0.1, -0.05) is 6.92 Å². The van der Waals surface area contributed by atoms with Gasteiger partial charge in [-0.05, 0) is 38.0 Å².